The molecule has 1 amide bonds. The van der Waals surface area contributed by atoms with Crippen LogP contribution in [-0.4, -0.2) is 89.5 Å². The molecule has 15 heteroatoms. The molecule has 2 saturated heterocycles. The van der Waals surface area contributed by atoms with Crippen LogP contribution in [0.3, 0.4) is 0 Å². The van der Waals surface area contributed by atoms with Gasteiger partial charge in [0.2, 0.25) is 0 Å². The zero-order valence-electron chi connectivity index (χ0n) is 26.0. The highest BCUT2D eigenvalue weighted by Gasteiger charge is 2.36. The molecule has 11 nitrogen and oxygen atoms in total. The average Bonchev–Trinajstić information content (AvgIpc) is 3.46. The molecule has 2 aliphatic heterocycles. The Hall–Kier alpha value is -4.27. The number of piperazine rings is 1. The van der Waals surface area contributed by atoms with Crippen molar-refractivity contribution in [3.05, 3.63) is 78.0 Å². The molecule has 1 N–H and O–H groups in total. The number of hydrogen-bond donors (Lipinski definition) is 1. The van der Waals surface area contributed by atoms with Gasteiger partial charge in [-0.1, -0.05) is 11.6 Å². The van der Waals surface area contributed by atoms with Gasteiger partial charge >= 0.3 is 16.3 Å². The number of rotatable bonds is 7. The zero-order chi connectivity index (χ0) is 33.5. The van der Waals surface area contributed by atoms with Gasteiger partial charge in [0.15, 0.2) is 5.82 Å². The Balaban J connectivity index is 1.27. The Morgan fingerprint density at radius 3 is 2.23 bits per heavy atom. The SMILES string of the molecule is CC(C)(C)OC(=O)N1CCN(c2ccc(-n3cc(-c4cc(Cl)cc(NS(=O)(=O)N5CC(F)C5)c4F)c(-c4ccncc4)n3)cc2)CC1. The molecule has 0 aliphatic carbocycles. The highest BCUT2D eigenvalue weighted by Crippen LogP contribution is 2.38. The topological polar surface area (TPSA) is 113 Å². The average molecular weight is 686 g/mol. The van der Waals surface area contributed by atoms with E-state index in [0.29, 0.717) is 48.7 Å². The maximum atomic E-state index is 16.1. The molecule has 248 valence electrons. The van der Waals surface area contributed by atoms with Crippen molar-refractivity contribution in [2.24, 2.45) is 0 Å². The van der Waals surface area contributed by atoms with Gasteiger partial charge in [-0.2, -0.15) is 17.8 Å². The highest BCUT2D eigenvalue weighted by molar-refractivity contribution is 7.90. The normalized spacial score (nSPS) is 16.2. The third-order valence-corrected chi connectivity index (χ3v) is 9.46. The van der Waals surface area contributed by atoms with Gasteiger partial charge in [-0.3, -0.25) is 9.71 Å². The summed E-state index contributed by atoms with van der Waals surface area (Å²) in [6, 6.07) is 13.7. The van der Waals surface area contributed by atoms with Gasteiger partial charge in [-0.15, -0.1) is 0 Å². The number of anilines is 2. The van der Waals surface area contributed by atoms with E-state index in [1.54, 1.807) is 40.3 Å². The lowest BCUT2D eigenvalue weighted by Crippen LogP contribution is -2.53. The molecule has 0 atom stereocenters. The third kappa shape index (κ3) is 7.19. The van der Waals surface area contributed by atoms with Crippen molar-refractivity contribution in [1.29, 1.82) is 0 Å². The lowest BCUT2D eigenvalue weighted by Gasteiger charge is -2.36. The smallest absolute Gasteiger partial charge is 0.410 e. The molecule has 2 aromatic carbocycles. The molecular weight excluding hydrogens is 652 g/mol. The summed E-state index contributed by atoms with van der Waals surface area (Å²) in [6.45, 7) is 7.28. The fourth-order valence-corrected chi connectivity index (χ4v) is 6.85. The molecule has 2 fully saturated rings. The molecule has 0 spiro atoms. The number of ether oxygens (including phenoxy) is 1. The van der Waals surface area contributed by atoms with Crippen LogP contribution in [0.2, 0.25) is 5.02 Å². The summed E-state index contributed by atoms with van der Waals surface area (Å²) in [5, 5.41) is 4.87. The summed E-state index contributed by atoms with van der Waals surface area (Å²) in [7, 11) is -4.19. The molecule has 0 unspecified atom stereocenters. The molecule has 4 aromatic rings. The van der Waals surface area contributed by atoms with Crippen LogP contribution in [0.5, 0.6) is 0 Å². The molecule has 2 aliphatic rings. The molecule has 2 aromatic heterocycles. The predicted octanol–water partition coefficient (Wildman–Crippen LogP) is 5.76. The van der Waals surface area contributed by atoms with Crippen LogP contribution in [0.4, 0.5) is 25.0 Å². The van der Waals surface area contributed by atoms with Crippen LogP contribution in [0.25, 0.3) is 28.1 Å². The quantitative estimate of drug-likeness (QED) is 0.263. The van der Waals surface area contributed by atoms with E-state index < -0.39 is 27.8 Å². The van der Waals surface area contributed by atoms with Crippen molar-refractivity contribution in [3.63, 3.8) is 0 Å². The van der Waals surface area contributed by atoms with Gasteiger partial charge in [0.25, 0.3) is 0 Å². The molecule has 0 saturated carbocycles. The fourth-order valence-electron chi connectivity index (χ4n) is 5.36. The van der Waals surface area contributed by atoms with E-state index in [-0.39, 0.29) is 35.5 Å². The van der Waals surface area contributed by atoms with Crippen molar-refractivity contribution in [1.82, 2.24) is 24.0 Å². The second-order valence-electron chi connectivity index (χ2n) is 12.4. The van der Waals surface area contributed by atoms with Crippen LogP contribution in [0.15, 0.2) is 67.1 Å². The van der Waals surface area contributed by atoms with Crippen LogP contribution in [0.1, 0.15) is 20.8 Å². The lowest BCUT2D eigenvalue weighted by atomic mass is 10.0. The monoisotopic (exact) mass is 685 g/mol. The summed E-state index contributed by atoms with van der Waals surface area (Å²) in [5.74, 6) is -0.856. The van der Waals surface area contributed by atoms with E-state index in [0.717, 1.165) is 9.99 Å². The van der Waals surface area contributed by atoms with Crippen LogP contribution < -0.4 is 9.62 Å². The maximum absolute atomic E-state index is 16.1. The van der Waals surface area contributed by atoms with E-state index in [4.69, 9.17) is 21.4 Å². The largest absolute Gasteiger partial charge is 0.444 e. The van der Waals surface area contributed by atoms with E-state index in [2.05, 4.69) is 14.6 Å². The maximum Gasteiger partial charge on any atom is 0.410 e. The van der Waals surface area contributed by atoms with Gasteiger partial charge in [0.05, 0.1) is 11.4 Å². The standard InChI is InChI=1S/C32H34ClF2N7O4S/c1-32(2,3)46-31(43)40-14-12-39(13-15-40)24-4-6-25(7-5-24)42-20-27(30(37-42)21-8-10-36-11-9-21)26-16-22(33)17-28(29(26)35)38-47(44,45)41-18-23(34)19-41/h4-11,16-17,20,23,38H,12-15,18-19H2,1-3H3. The molecule has 47 heavy (non-hydrogen) atoms. The third-order valence-electron chi connectivity index (χ3n) is 7.79. The summed E-state index contributed by atoms with van der Waals surface area (Å²) in [5.41, 5.74) is 2.23. The first-order valence-electron chi connectivity index (χ1n) is 15.0. The number of amides is 1. The number of carbonyl (C=O) groups excluding carboxylic acids is 1. The van der Waals surface area contributed by atoms with Gasteiger partial charge in [0, 0.05) is 85.3 Å². The molecular formula is C32H34ClF2N7O4S. The minimum absolute atomic E-state index is 0.0275. The van der Waals surface area contributed by atoms with Crippen LogP contribution >= 0.6 is 11.6 Å². The van der Waals surface area contributed by atoms with E-state index in [1.165, 1.54) is 12.1 Å². The number of nitrogens with one attached hydrogen (secondary N) is 1. The number of aromatic nitrogens is 3. The highest BCUT2D eigenvalue weighted by atomic mass is 35.5. The van der Waals surface area contributed by atoms with Crippen molar-refractivity contribution < 1.29 is 26.7 Å². The van der Waals surface area contributed by atoms with Gasteiger partial charge in [-0.25, -0.2) is 18.3 Å². The predicted molar refractivity (Wildman–Crippen MR) is 176 cm³/mol. The number of carbonyl (C=O) groups is 1. The number of pyridine rings is 1. The number of hydrogen-bond acceptors (Lipinski definition) is 7. The van der Waals surface area contributed by atoms with Crippen molar-refractivity contribution in [3.8, 4) is 28.1 Å². The minimum atomic E-state index is -4.19. The summed E-state index contributed by atoms with van der Waals surface area (Å²) in [6.07, 6.45) is 3.26. The first kappa shape index (κ1) is 32.7. The Morgan fingerprint density at radius 1 is 0.979 bits per heavy atom. The Morgan fingerprint density at radius 2 is 1.62 bits per heavy atom. The van der Waals surface area contributed by atoms with Gasteiger partial charge in [-0.05, 0) is 69.3 Å². The fraction of sp³-hybridized carbons (Fsp3) is 0.344. The second-order valence-corrected chi connectivity index (χ2v) is 14.5. The Bertz CT molecular complexity index is 1870. The van der Waals surface area contributed by atoms with Crippen LogP contribution in [-0.2, 0) is 14.9 Å². The second kappa shape index (κ2) is 12.7. The minimum Gasteiger partial charge on any atom is -0.444 e. The van der Waals surface area contributed by atoms with Crippen molar-refractivity contribution >= 4 is 39.3 Å². The van der Waals surface area contributed by atoms with Crippen molar-refractivity contribution in [2.45, 2.75) is 32.5 Å². The number of halogens is 3. The summed E-state index contributed by atoms with van der Waals surface area (Å²) in [4.78, 5) is 20.4. The zero-order valence-corrected chi connectivity index (χ0v) is 27.6. The Labute approximate surface area is 276 Å². The molecule has 6 rings (SSSR count). The molecule has 0 bridgehead atoms. The number of alkyl halides is 1. The summed E-state index contributed by atoms with van der Waals surface area (Å²) >= 11 is 6.37. The number of benzene rings is 2. The number of nitrogens with zero attached hydrogens (tertiary/aromatic N) is 6. The first-order chi connectivity index (χ1) is 22.3. The Kier molecular flexibility index (Phi) is 8.85. The molecule has 0 radical (unpaired) electrons. The van der Waals surface area contributed by atoms with Crippen molar-refractivity contribution in [2.75, 3.05) is 48.9 Å². The van der Waals surface area contributed by atoms with Gasteiger partial charge < -0.3 is 14.5 Å². The van der Waals surface area contributed by atoms with Gasteiger partial charge in [0.1, 0.15) is 17.5 Å². The van der Waals surface area contributed by atoms with E-state index >= 15 is 4.39 Å². The lowest BCUT2D eigenvalue weighted by molar-refractivity contribution is 0.0240. The molecule has 4 heterocycles. The van der Waals surface area contributed by atoms with E-state index in [1.807, 2.05) is 45.0 Å². The summed E-state index contributed by atoms with van der Waals surface area (Å²) < 4.78 is 65.1. The first-order valence-corrected chi connectivity index (χ1v) is 16.8. The van der Waals surface area contributed by atoms with Crippen LogP contribution in [0, 0.1) is 5.82 Å². The van der Waals surface area contributed by atoms with E-state index in [9.17, 15) is 17.6 Å².